The van der Waals surface area contributed by atoms with E-state index in [9.17, 15) is 0 Å². The van der Waals surface area contributed by atoms with Crippen molar-refractivity contribution in [1.82, 2.24) is 4.57 Å². The Balaban J connectivity index is 1.13. The van der Waals surface area contributed by atoms with Crippen LogP contribution in [0, 0.1) is 27.7 Å². The van der Waals surface area contributed by atoms with Crippen LogP contribution in [0.2, 0.25) is 0 Å². The Morgan fingerprint density at radius 2 is 0.758 bits per heavy atom. The molecule has 0 radical (unpaired) electrons. The van der Waals surface area contributed by atoms with Crippen molar-refractivity contribution in [2.24, 2.45) is 0 Å². The molecule has 0 aliphatic carbocycles. The lowest BCUT2D eigenvalue weighted by Crippen LogP contribution is -2.48. The van der Waals surface area contributed by atoms with Gasteiger partial charge in [0.25, 0.3) is 0 Å². The zero-order chi connectivity index (χ0) is 41.9. The lowest BCUT2D eigenvalue weighted by Gasteiger charge is -2.27. The molecule has 1 aliphatic rings. The minimum atomic E-state index is 0.0661. The van der Waals surface area contributed by atoms with E-state index < -0.39 is 0 Å². The first kappa shape index (κ1) is 37.4. The van der Waals surface area contributed by atoms with Gasteiger partial charge in [-0.2, -0.15) is 0 Å². The van der Waals surface area contributed by atoms with E-state index in [-0.39, 0.29) is 6.71 Å². The van der Waals surface area contributed by atoms with E-state index in [4.69, 9.17) is 0 Å². The Morgan fingerprint density at radius 3 is 1.27 bits per heavy atom. The first-order valence-electron chi connectivity index (χ1n) is 21.6. The molecular formula is C58H46BN3. The molecule has 0 unspecified atom stereocenters. The zero-order valence-electron chi connectivity index (χ0n) is 35.5. The van der Waals surface area contributed by atoms with Crippen LogP contribution in [-0.2, 0) is 0 Å². The normalized spacial score (nSPS) is 11.8. The molecule has 0 atom stereocenters. The molecule has 0 fully saturated rings. The van der Waals surface area contributed by atoms with Crippen molar-refractivity contribution in [3.8, 4) is 16.8 Å². The summed E-state index contributed by atoms with van der Waals surface area (Å²) >= 11 is 0. The van der Waals surface area contributed by atoms with Crippen LogP contribution in [0.15, 0.2) is 206 Å². The van der Waals surface area contributed by atoms with E-state index in [1.807, 2.05) is 0 Å². The van der Waals surface area contributed by atoms with E-state index in [1.165, 1.54) is 71.6 Å². The highest BCUT2D eigenvalue weighted by molar-refractivity contribution is 6.99. The Hall–Kier alpha value is -7.56. The Bertz CT molecular complexity index is 3150. The third-order valence-electron chi connectivity index (χ3n) is 12.7. The smallest absolute Gasteiger partial charge is 0.242 e. The van der Waals surface area contributed by atoms with Gasteiger partial charge in [0.15, 0.2) is 0 Å². The average molecular weight is 796 g/mol. The molecule has 0 saturated carbocycles. The molecule has 1 aliphatic heterocycles. The second-order valence-corrected chi connectivity index (χ2v) is 17.0. The molecule has 11 rings (SSSR count). The summed E-state index contributed by atoms with van der Waals surface area (Å²) in [5, 5.41) is 2.48. The van der Waals surface area contributed by atoms with E-state index in [0.29, 0.717) is 0 Å². The predicted molar refractivity (Wildman–Crippen MR) is 266 cm³/mol. The van der Waals surface area contributed by atoms with Crippen LogP contribution in [0.3, 0.4) is 0 Å². The van der Waals surface area contributed by atoms with E-state index >= 15 is 0 Å². The minimum Gasteiger partial charge on any atom is -0.311 e. The van der Waals surface area contributed by atoms with Gasteiger partial charge in [0.1, 0.15) is 0 Å². The van der Waals surface area contributed by atoms with Crippen molar-refractivity contribution in [2.45, 2.75) is 27.7 Å². The Morgan fingerprint density at radius 1 is 0.339 bits per heavy atom. The van der Waals surface area contributed by atoms with Crippen LogP contribution in [0.25, 0.3) is 38.6 Å². The lowest BCUT2D eigenvalue weighted by atomic mass is 9.39. The van der Waals surface area contributed by atoms with Gasteiger partial charge in [-0.1, -0.05) is 154 Å². The van der Waals surface area contributed by atoms with Crippen molar-refractivity contribution in [3.05, 3.63) is 229 Å². The van der Waals surface area contributed by atoms with Gasteiger partial charge in [-0.25, -0.2) is 0 Å². The lowest BCUT2D eigenvalue weighted by molar-refractivity contribution is 1.18. The summed E-state index contributed by atoms with van der Waals surface area (Å²) in [6.45, 7) is 8.66. The van der Waals surface area contributed by atoms with Crippen molar-refractivity contribution in [1.29, 1.82) is 0 Å². The molecule has 0 N–H and O–H groups in total. The highest BCUT2D eigenvalue weighted by Crippen LogP contribution is 2.42. The quantitative estimate of drug-likeness (QED) is 0.142. The largest absolute Gasteiger partial charge is 0.311 e. The van der Waals surface area contributed by atoms with Crippen LogP contribution in [0.5, 0.6) is 0 Å². The number of hydrogen-bond acceptors (Lipinski definition) is 2. The summed E-state index contributed by atoms with van der Waals surface area (Å²) in [6.07, 6.45) is 0. The monoisotopic (exact) mass is 795 g/mol. The molecule has 1 aromatic heterocycles. The summed E-state index contributed by atoms with van der Waals surface area (Å²) in [5.74, 6) is 0. The van der Waals surface area contributed by atoms with Crippen LogP contribution in [-0.4, -0.2) is 11.3 Å². The maximum atomic E-state index is 2.50. The van der Waals surface area contributed by atoms with Crippen LogP contribution in [0.4, 0.5) is 34.1 Å². The van der Waals surface area contributed by atoms with Gasteiger partial charge in [0.2, 0.25) is 6.71 Å². The maximum Gasteiger partial charge on any atom is 0.242 e. The molecule has 0 spiro atoms. The number of rotatable bonds is 8. The van der Waals surface area contributed by atoms with E-state index in [2.05, 4.69) is 248 Å². The maximum absolute atomic E-state index is 2.50. The van der Waals surface area contributed by atoms with Gasteiger partial charge in [0, 0.05) is 50.6 Å². The van der Waals surface area contributed by atoms with Crippen molar-refractivity contribution < 1.29 is 0 Å². The molecule has 0 saturated heterocycles. The molecule has 0 bridgehead atoms. The number of aryl methyl sites for hydroxylation is 4. The topological polar surface area (TPSA) is 11.4 Å². The third kappa shape index (κ3) is 6.47. The number of hydrogen-bond donors (Lipinski definition) is 0. The summed E-state index contributed by atoms with van der Waals surface area (Å²) in [5.41, 5.74) is 21.8. The average Bonchev–Trinajstić information content (AvgIpc) is 3.80. The molecule has 3 nitrogen and oxygen atoms in total. The fraction of sp³-hybridized carbons (Fsp3) is 0.0690. The van der Waals surface area contributed by atoms with Gasteiger partial charge in [-0.05, 0) is 130 Å². The predicted octanol–water partition coefficient (Wildman–Crippen LogP) is 13.5. The standard InChI is InChI=1S/C58H46BN3/c1-39-15-23-45(24-16-39)60(46-25-17-40(2)18-26-46)49-31-33-51-53-38-58-54(37-56(53)59(55(51)35-49)43-11-7-5-8-12-43)52-34-32-50(36-57(52)62(58)44-13-9-6-10-14-44)61(47-27-19-41(3)20-28-47)48-29-21-42(4)22-30-48/h5-38H,1-4H3. The highest BCUT2D eigenvalue weighted by Gasteiger charge is 2.35. The van der Waals surface area contributed by atoms with Crippen LogP contribution < -0.4 is 26.2 Å². The highest BCUT2D eigenvalue weighted by atomic mass is 15.1. The zero-order valence-corrected chi connectivity index (χ0v) is 35.5. The summed E-state index contributed by atoms with van der Waals surface area (Å²) in [7, 11) is 0. The second-order valence-electron chi connectivity index (χ2n) is 17.0. The number of nitrogens with zero attached hydrogens (tertiary/aromatic N) is 3. The molecule has 9 aromatic carbocycles. The van der Waals surface area contributed by atoms with Crippen molar-refractivity contribution >= 4 is 79.0 Å². The third-order valence-corrected chi connectivity index (χ3v) is 12.7. The number of aromatic nitrogens is 1. The summed E-state index contributed by atoms with van der Waals surface area (Å²) < 4.78 is 2.47. The van der Waals surface area contributed by atoms with Crippen molar-refractivity contribution in [2.75, 3.05) is 9.80 Å². The molecule has 2 heterocycles. The van der Waals surface area contributed by atoms with Gasteiger partial charge in [0.05, 0.1) is 11.0 Å². The minimum absolute atomic E-state index is 0.0661. The number of anilines is 6. The first-order chi connectivity index (χ1) is 30.4. The van der Waals surface area contributed by atoms with Gasteiger partial charge in [-0.15, -0.1) is 0 Å². The van der Waals surface area contributed by atoms with Crippen LogP contribution >= 0.6 is 0 Å². The fourth-order valence-corrected chi connectivity index (χ4v) is 9.55. The van der Waals surface area contributed by atoms with Crippen LogP contribution in [0.1, 0.15) is 22.3 Å². The number of para-hydroxylation sites is 1. The van der Waals surface area contributed by atoms with Gasteiger partial charge >= 0.3 is 0 Å². The van der Waals surface area contributed by atoms with E-state index in [0.717, 1.165) is 39.8 Å². The summed E-state index contributed by atoms with van der Waals surface area (Å²) in [6, 6.07) is 76.5. The molecule has 62 heavy (non-hydrogen) atoms. The fourth-order valence-electron chi connectivity index (χ4n) is 9.55. The van der Waals surface area contributed by atoms with Gasteiger partial charge < -0.3 is 14.4 Å². The van der Waals surface area contributed by atoms with E-state index in [1.54, 1.807) is 0 Å². The second kappa shape index (κ2) is 15.2. The molecule has 296 valence electrons. The first-order valence-corrected chi connectivity index (χ1v) is 21.6. The molecule has 0 amide bonds. The SMILES string of the molecule is Cc1ccc(N(c2ccc(C)cc2)c2ccc3c(c2)B(c2ccccc2)c2cc4c5ccc(N(c6ccc(C)cc6)c6ccc(C)cc6)cc5n(-c5ccccc5)c4cc2-3)cc1. The Labute approximate surface area is 364 Å². The van der Waals surface area contributed by atoms with Crippen molar-refractivity contribution in [3.63, 3.8) is 0 Å². The Kier molecular flexibility index (Phi) is 9.16. The van der Waals surface area contributed by atoms with Gasteiger partial charge in [-0.3, -0.25) is 0 Å². The number of benzene rings is 9. The molecule has 10 aromatic rings. The number of fused-ring (bicyclic) bond motifs is 6. The molecule has 4 heteroatoms. The summed E-state index contributed by atoms with van der Waals surface area (Å²) in [4.78, 5) is 4.77. The molecular weight excluding hydrogens is 749 g/mol.